The number of aryl methyl sites for hydroxylation is 1. The molecular weight excluding hydrogens is 430 g/mol. The van der Waals surface area contributed by atoms with E-state index in [1.807, 2.05) is 32.0 Å². The second-order valence-electron chi connectivity index (χ2n) is 8.31. The van der Waals surface area contributed by atoms with Crippen molar-refractivity contribution in [2.75, 3.05) is 30.4 Å². The molecule has 0 bridgehead atoms. The number of pyridine rings is 2. The highest BCUT2D eigenvalue weighted by Gasteiger charge is 2.22. The second kappa shape index (κ2) is 10.8. The zero-order valence-corrected chi connectivity index (χ0v) is 19.8. The number of carbonyl (C=O) groups is 1. The molecule has 0 atom stereocenters. The van der Waals surface area contributed by atoms with Crippen molar-refractivity contribution in [2.24, 2.45) is 0 Å². The number of aliphatic hydroxyl groups is 1. The molecule has 0 aliphatic heterocycles. The van der Waals surface area contributed by atoms with Crippen molar-refractivity contribution in [2.45, 2.75) is 33.1 Å². The van der Waals surface area contributed by atoms with Gasteiger partial charge in [0.05, 0.1) is 36.1 Å². The summed E-state index contributed by atoms with van der Waals surface area (Å²) in [6.07, 6.45) is 3.29. The molecule has 0 saturated heterocycles. The molecule has 3 aromatic rings. The van der Waals surface area contributed by atoms with Gasteiger partial charge in [-0.25, -0.2) is 4.98 Å². The van der Waals surface area contributed by atoms with Gasteiger partial charge in [0.2, 0.25) is 5.88 Å². The Morgan fingerprint density at radius 1 is 1.21 bits per heavy atom. The number of aromatic nitrogens is 2. The first-order chi connectivity index (χ1) is 16.3. The molecule has 176 valence electrons. The predicted octanol–water partition coefficient (Wildman–Crippen LogP) is 4.31. The van der Waals surface area contributed by atoms with Gasteiger partial charge in [0, 0.05) is 35.8 Å². The van der Waals surface area contributed by atoms with Crippen LogP contribution in [0.5, 0.6) is 5.88 Å². The number of benzene rings is 1. The third-order valence-corrected chi connectivity index (χ3v) is 5.31. The molecule has 8 heteroatoms. The lowest BCUT2D eigenvalue weighted by atomic mass is 9.90. The Kier molecular flexibility index (Phi) is 7.82. The highest BCUT2D eigenvalue weighted by atomic mass is 16.5. The van der Waals surface area contributed by atoms with Crippen molar-refractivity contribution in [1.82, 2.24) is 9.97 Å². The van der Waals surface area contributed by atoms with Crippen molar-refractivity contribution in [3.8, 4) is 23.1 Å². The molecule has 8 nitrogen and oxygen atoms in total. The summed E-state index contributed by atoms with van der Waals surface area (Å²) in [7, 11) is 0. The molecule has 3 N–H and O–H groups in total. The van der Waals surface area contributed by atoms with E-state index in [0.29, 0.717) is 41.7 Å². The molecule has 0 radical (unpaired) electrons. The molecule has 3 rings (SSSR count). The standard InChI is InChI=1S/C26H29N5O3/c1-5-34-25-22(28-10-11-32)13-19(15-30-25)21-12-18(7-6-17(21)2)24(33)31-20-8-9-29-23(14-20)26(3,4)16-27/h6-9,12-15,28,32H,5,10-11H2,1-4H3,(H,29,31,33). The average molecular weight is 460 g/mol. The number of carbonyl (C=O) groups excluding carboxylic acids is 1. The van der Waals surface area contributed by atoms with E-state index in [9.17, 15) is 15.2 Å². The van der Waals surface area contributed by atoms with E-state index in [4.69, 9.17) is 4.74 Å². The third-order valence-electron chi connectivity index (χ3n) is 5.31. The van der Waals surface area contributed by atoms with Gasteiger partial charge < -0.3 is 20.5 Å². The maximum absolute atomic E-state index is 13.0. The number of hydrogen-bond acceptors (Lipinski definition) is 7. The smallest absolute Gasteiger partial charge is 0.255 e. The Hall–Kier alpha value is -3.96. The summed E-state index contributed by atoms with van der Waals surface area (Å²) in [5, 5.41) is 24.6. The molecule has 2 heterocycles. The van der Waals surface area contributed by atoms with Crippen molar-refractivity contribution >= 4 is 17.3 Å². The molecule has 0 aliphatic rings. The lowest BCUT2D eigenvalue weighted by Crippen LogP contribution is -2.17. The zero-order chi connectivity index (χ0) is 24.7. The van der Waals surface area contributed by atoms with E-state index in [-0.39, 0.29) is 12.5 Å². The number of hydrogen-bond donors (Lipinski definition) is 3. The van der Waals surface area contributed by atoms with Crippen LogP contribution in [0.4, 0.5) is 11.4 Å². The maximum Gasteiger partial charge on any atom is 0.255 e. The van der Waals surface area contributed by atoms with Crippen LogP contribution in [0.25, 0.3) is 11.1 Å². The van der Waals surface area contributed by atoms with E-state index < -0.39 is 5.41 Å². The number of rotatable bonds is 9. The molecular formula is C26H29N5O3. The third kappa shape index (κ3) is 5.69. The first-order valence-corrected chi connectivity index (χ1v) is 11.1. The molecule has 0 spiro atoms. The minimum atomic E-state index is -0.764. The monoisotopic (exact) mass is 459 g/mol. The van der Waals surface area contributed by atoms with Crippen LogP contribution in [0.2, 0.25) is 0 Å². The molecule has 0 unspecified atom stereocenters. The van der Waals surface area contributed by atoms with Gasteiger partial charge in [-0.05, 0) is 69.2 Å². The van der Waals surface area contributed by atoms with E-state index in [1.54, 1.807) is 44.4 Å². The van der Waals surface area contributed by atoms with Gasteiger partial charge in [-0.1, -0.05) is 6.07 Å². The highest BCUT2D eigenvalue weighted by Crippen LogP contribution is 2.31. The van der Waals surface area contributed by atoms with Crippen molar-refractivity contribution in [1.29, 1.82) is 5.26 Å². The largest absolute Gasteiger partial charge is 0.476 e. The molecule has 1 aromatic carbocycles. The van der Waals surface area contributed by atoms with E-state index in [0.717, 1.165) is 16.7 Å². The quantitative estimate of drug-likeness (QED) is 0.436. The molecule has 34 heavy (non-hydrogen) atoms. The number of amides is 1. The van der Waals surface area contributed by atoms with Crippen LogP contribution >= 0.6 is 0 Å². The van der Waals surface area contributed by atoms with Gasteiger partial charge >= 0.3 is 0 Å². The van der Waals surface area contributed by atoms with Gasteiger partial charge in [0.1, 0.15) is 0 Å². The van der Waals surface area contributed by atoms with Gasteiger partial charge in [0.15, 0.2) is 0 Å². The summed E-state index contributed by atoms with van der Waals surface area (Å²) in [5.74, 6) is 0.186. The van der Waals surface area contributed by atoms with Crippen molar-refractivity contribution in [3.05, 3.63) is 65.6 Å². The fourth-order valence-electron chi connectivity index (χ4n) is 3.35. The number of nitrogens with zero attached hydrogens (tertiary/aromatic N) is 3. The number of aliphatic hydroxyl groups excluding tert-OH is 1. The van der Waals surface area contributed by atoms with E-state index >= 15 is 0 Å². The Morgan fingerprint density at radius 3 is 2.71 bits per heavy atom. The SMILES string of the molecule is CCOc1ncc(-c2cc(C(=O)Nc3ccnc(C(C)(C)C#N)c3)ccc2C)cc1NCCO. The van der Waals surface area contributed by atoms with Crippen LogP contribution in [0.3, 0.4) is 0 Å². The fraction of sp³-hybridized carbons (Fsp3) is 0.308. The predicted molar refractivity (Wildman–Crippen MR) is 132 cm³/mol. The molecule has 2 aromatic heterocycles. The fourth-order valence-corrected chi connectivity index (χ4v) is 3.35. The van der Waals surface area contributed by atoms with Crippen LogP contribution in [-0.4, -0.2) is 40.7 Å². The summed E-state index contributed by atoms with van der Waals surface area (Å²) in [6, 6.07) is 13.0. The van der Waals surface area contributed by atoms with Gasteiger partial charge in [-0.15, -0.1) is 0 Å². The lowest BCUT2D eigenvalue weighted by molar-refractivity contribution is 0.102. The lowest BCUT2D eigenvalue weighted by Gasteiger charge is -2.16. The summed E-state index contributed by atoms with van der Waals surface area (Å²) in [4.78, 5) is 21.7. The Bertz CT molecular complexity index is 1220. The van der Waals surface area contributed by atoms with Crippen LogP contribution in [0, 0.1) is 18.3 Å². The molecule has 0 fully saturated rings. The van der Waals surface area contributed by atoms with Crippen LogP contribution in [0.1, 0.15) is 42.4 Å². The Morgan fingerprint density at radius 2 is 2.00 bits per heavy atom. The second-order valence-corrected chi connectivity index (χ2v) is 8.31. The number of ether oxygens (including phenoxy) is 1. The first-order valence-electron chi connectivity index (χ1n) is 11.1. The van der Waals surface area contributed by atoms with Crippen LogP contribution in [-0.2, 0) is 5.41 Å². The van der Waals surface area contributed by atoms with E-state index in [1.165, 1.54) is 0 Å². The maximum atomic E-state index is 13.0. The molecule has 0 aliphatic carbocycles. The topological polar surface area (TPSA) is 120 Å². The van der Waals surface area contributed by atoms with Crippen molar-refractivity contribution in [3.63, 3.8) is 0 Å². The van der Waals surface area contributed by atoms with Gasteiger partial charge in [-0.2, -0.15) is 5.26 Å². The average Bonchev–Trinajstić information content (AvgIpc) is 2.84. The zero-order valence-electron chi connectivity index (χ0n) is 19.8. The minimum Gasteiger partial charge on any atom is -0.476 e. The van der Waals surface area contributed by atoms with Gasteiger partial charge in [-0.3, -0.25) is 9.78 Å². The summed E-state index contributed by atoms with van der Waals surface area (Å²) < 4.78 is 5.58. The van der Waals surface area contributed by atoms with Crippen LogP contribution in [0.15, 0.2) is 48.8 Å². The normalized spacial score (nSPS) is 10.9. The molecule has 0 saturated carbocycles. The summed E-state index contributed by atoms with van der Waals surface area (Å²) in [5.41, 5.74) is 4.20. The number of nitrogens with one attached hydrogen (secondary N) is 2. The minimum absolute atomic E-state index is 0.0211. The number of nitriles is 1. The highest BCUT2D eigenvalue weighted by molar-refractivity contribution is 6.05. The molecule has 1 amide bonds. The Labute approximate surface area is 199 Å². The van der Waals surface area contributed by atoms with Crippen molar-refractivity contribution < 1.29 is 14.6 Å². The first kappa shape index (κ1) is 24.7. The number of anilines is 2. The van der Waals surface area contributed by atoms with E-state index in [2.05, 4.69) is 26.7 Å². The Balaban J connectivity index is 1.90. The summed E-state index contributed by atoms with van der Waals surface area (Å²) in [6.45, 7) is 8.22. The van der Waals surface area contributed by atoms with Gasteiger partial charge in [0.25, 0.3) is 5.91 Å². The van der Waals surface area contributed by atoms with Crippen LogP contribution < -0.4 is 15.4 Å². The summed E-state index contributed by atoms with van der Waals surface area (Å²) >= 11 is 0.